The first-order chi connectivity index (χ1) is 15.1. The second-order valence-corrected chi connectivity index (χ2v) is 6.78. The lowest BCUT2D eigenvalue weighted by Gasteiger charge is -2.20. The summed E-state index contributed by atoms with van der Waals surface area (Å²) in [5.41, 5.74) is 2.15. The third kappa shape index (κ3) is 7.96. The van der Waals surface area contributed by atoms with Gasteiger partial charge >= 0.3 is 0 Å². The van der Waals surface area contributed by atoms with Crippen LogP contribution >= 0.6 is 24.0 Å². The lowest BCUT2D eigenvalue weighted by atomic mass is 10.1. The molecule has 0 saturated heterocycles. The molecule has 0 aliphatic rings. The fraction of sp³-hybridized carbons (Fsp3) is 0.458. The van der Waals surface area contributed by atoms with E-state index in [2.05, 4.69) is 22.5 Å². The Hall–Kier alpha value is -2.36. The van der Waals surface area contributed by atoms with E-state index in [1.54, 1.807) is 14.2 Å². The molecule has 0 amide bonds. The molecule has 0 spiro atoms. The first kappa shape index (κ1) is 27.7. The smallest absolute Gasteiger partial charge is 0.191 e. The molecule has 8 heteroatoms. The zero-order valence-corrected chi connectivity index (χ0v) is 22.2. The molecule has 2 N–H and O–H groups in total. The van der Waals surface area contributed by atoms with Crippen LogP contribution in [0.3, 0.4) is 0 Å². The lowest BCUT2D eigenvalue weighted by Crippen LogP contribution is -2.38. The molecule has 1 unspecified atom stereocenters. The number of benzene rings is 2. The van der Waals surface area contributed by atoms with Gasteiger partial charge in [-0.3, -0.25) is 4.99 Å². The molecule has 2 rings (SSSR count). The molecule has 0 bridgehead atoms. The molecule has 0 saturated carbocycles. The van der Waals surface area contributed by atoms with Crippen molar-refractivity contribution in [3.63, 3.8) is 0 Å². The van der Waals surface area contributed by atoms with E-state index in [4.69, 9.17) is 18.9 Å². The number of methoxy groups -OCH3 is 1. The van der Waals surface area contributed by atoms with E-state index in [-0.39, 0.29) is 30.0 Å². The zero-order chi connectivity index (χ0) is 22.6. The molecule has 32 heavy (non-hydrogen) atoms. The van der Waals surface area contributed by atoms with E-state index >= 15 is 0 Å². The number of aliphatic imine (C=N–C) groups is 1. The normalized spacial score (nSPS) is 11.8. The number of nitrogens with one attached hydrogen (secondary N) is 2. The maximum absolute atomic E-state index is 5.75. The van der Waals surface area contributed by atoms with Crippen molar-refractivity contribution in [2.45, 2.75) is 40.3 Å². The van der Waals surface area contributed by atoms with Crippen LogP contribution in [-0.2, 0) is 6.54 Å². The van der Waals surface area contributed by atoms with Crippen LogP contribution in [0.4, 0.5) is 0 Å². The monoisotopic (exact) mass is 557 g/mol. The SMILES string of the molecule is CCOc1ccc(CNC(=NC)NC(C)c2ccc(OCC)c(OCC)c2)cc1OC.I. The minimum atomic E-state index is 0. The van der Waals surface area contributed by atoms with Gasteiger partial charge in [0.25, 0.3) is 0 Å². The van der Waals surface area contributed by atoms with Crippen LogP contribution in [0.5, 0.6) is 23.0 Å². The number of hydrogen-bond donors (Lipinski definition) is 2. The van der Waals surface area contributed by atoms with E-state index in [0.717, 1.165) is 34.1 Å². The van der Waals surface area contributed by atoms with Crippen LogP contribution in [0.2, 0.25) is 0 Å². The van der Waals surface area contributed by atoms with Gasteiger partial charge < -0.3 is 29.6 Å². The highest BCUT2D eigenvalue weighted by Gasteiger charge is 2.13. The van der Waals surface area contributed by atoms with Crippen LogP contribution in [0.25, 0.3) is 0 Å². The van der Waals surface area contributed by atoms with Gasteiger partial charge in [0, 0.05) is 13.6 Å². The summed E-state index contributed by atoms with van der Waals surface area (Å²) in [5, 5.41) is 6.77. The van der Waals surface area contributed by atoms with Gasteiger partial charge in [0.1, 0.15) is 0 Å². The van der Waals surface area contributed by atoms with E-state index < -0.39 is 0 Å². The van der Waals surface area contributed by atoms with Crippen molar-refractivity contribution in [2.24, 2.45) is 4.99 Å². The van der Waals surface area contributed by atoms with Gasteiger partial charge in [-0.2, -0.15) is 0 Å². The predicted molar refractivity (Wildman–Crippen MR) is 140 cm³/mol. The number of ether oxygens (including phenoxy) is 4. The molecule has 0 heterocycles. The van der Waals surface area contributed by atoms with Crippen molar-refractivity contribution < 1.29 is 18.9 Å². The summed E-state index contributed by atoms with van der Waals surface area (Å²) < 4.78 is 22.4. The Morgan fingerprint density at radius 2 is 1.47 bits per heavy atom. The second-order valence-electron chi connectivity index (χ2n) is 6.78. The van der Waals surface area contributed by atoms with E-state index in [9.17, 15) is 0 Å². The summed E-state index contributed by atoms with van der Waals surface area (Å²) in [5.74, 6) is 3.67. The molecule has 0 aliphatic heterocycles. The van der Waals surface area contributed by atoms with Gasteiger partial charge in [-0.05, 0) is 63.1 Å². The molecular weight excluding hydrogens is 521 g/mol. The molecule has 0 radical (unpaired) electrons. The van der Waals surface area contributed by atoms with E-state index in [0.29, 0.717) is 32.3 Å². The average Bonchev–Trinajstić information content (AvgIpc) is 2.78. The summed E-state index contributed by atoms with van der Waals surface area (Å²) in [6, 6.07) is 11.9. The second kappa shape index (κ2) is 14.7. The number of halogens is 1. The van der Waals surface area contributed by atoms with Gasteiger partial charge in [-0.1, -0.05) is 12.1 Å². The molecule has 7 nitrogen and oxygen atoms in total. The van der Waals surface area contributed by atoms with Crippen molar-refractivity contribution in [3.8, 4) is 23.0 Å². The fourth-order valence-corrected chi connectivity index (χ4v) is 3.10. The molecule has 1 atom stereocenters. The Balaban J connectivity index is 0.00000512. The first-order valence-electron chi connectivity index (χ1n) is 10.7. The van der Waals surface area contributed by atoms with E-state index in [1.807, 2.05) is 57.2 Å². The summed E-state index contributed by atoms with van der Waals surface area (Å²) in [6.45, 7) is 10.3. The zero-order valence-electron chi connectivity index (χ0n) is 19.9. The Morgan fingerprint density at radius 3 is 2.06 bits per heavy atom. The average molecular weight is 557 g/mol. The Kier molecular flexibility index (Phi) is 12.7. The predicted octanol–water partition coefficient (Wildman–Crippen LogP) is 4.94. The van der Waals surface area contributed by atoms with Gasteiger partial charge in [-0.25, -0.2) is 0 Å². The number of hydrogen-bond acceptors (Lipinski definition) is 5. The summed E-state index contributed by atoms with van der Waals surface area (Å²) in [6.07, 6.45) is 0. The first-order valence-corrected chi connectivity index (χ1v) is 10.7. The van der Waals surface area contributed by atoms with Crippen molar-refractivity contribution in [3.05, 3.63) is 47.5 Å². The fourth-order valence-electron chi connectivity index (χ4n) is 3.10. The molecule has 2 aromatic carbocycles. The van der Waals surface area contributed by atoms with Crippen LogP contribution in [0, 0.1) is 0 Å². The van der Waals surface area contributed by atoms with Gasteiger partial charge in [0.05, 0.1) is 33.0 Å². The minimum Gasteiger partial charge on any atom is -0.493 e. The van der Waals surface area contributed by atoms with E-state index in [1.165, 1.54) is 0 Å². The Labute approximate surface area is 208 Å². The highest BCUT2D eigenvalue weighted by molar-refractivity contribution is 14.0. The minimum absolute atomic E-state index is 0. The van der Waals surface area contributed by atoms with Crippen LogP contribution < -0.4 is 29.6 Å². The third-order valence-electron chi connectivity index (χ3n) is 4.63. The number of guanidine groups is 1. The topological polar surface area (TPSA) is 73.3 Å². The summed E-state index contributed by atoms with van der Waals surface area (Å²) in [7, 11) is 3.40. The highest BCUT2D eigenvalue weighted by Crippen LogP contribution is 2.31. The summed E-state index contributed by atoms with van der Waals surface area (Å²) in [4.78, 5) is 4.35. The molecule has 0 aliphatic carbocycles. The Morgan fingerprint density at radius 1 is 0.875 bits per heavy atom. The Bertz CT molecular complexity index is 861. The van der Waals surface area contributed by atoms with Gasteiger partial charge in [0.2, 0.25) is 0 Å². The molecule has 0 aromatic heterocycles. The van der Waals surface area contributed by atoms with Crippen LogP contribution in [-0.4, -0.2) is 39.9 Å². The summed E-state index contributed by atoms with van der Waals surface area (Å²) >= 11 is 0. The number of rotatable bonds is 11. The standard InChI is InChI=1S/C24H35N3O4.HI/c1-7-29-20-12-10-18(14-22(20)28-6)16-26-24(25-5)27-17(4)19-11-13-21(30-8-2)23(15-19)31-9-3;/h10-15,17H,7-9,16H2,1-6H3,(H2,25,26,27);1H. The van der Waals surface area contributed by atoms with Crippen molar-refractivity contribution in [1.82, 2.24) is 10.6 Å². The lowest BCUT2D eigenvalue weighted by molar-refractivity contribution is 0.287. The van der Waals surface area contributed by atoms with Crippen molar-refractivity contribution >= 4 is 29.9 Å². The molecular formula is C24H36IN3O4. The van der Waals surface area contributed by atoms with Crippen LogP contribution in [0.1, 0.15) is 44.9 Å². The highest BCUT2D eigenvalue weighted by atomic mass is 127. The quantitative estimate of drug-likeness (QED) is 0.232. The third-order valence-corrected chi connectivity index (χ3v) is 4.63. The maximum Gasteiger partial charge on any atom is 0.191 e. The van der Waals surface area contributed by atoms with Gasteiger partial charge in [0.15, 0.2) is 29.0 Å². The van der Waals surface area contributed by atoms with Crippen molar-refractivity contribution in [2.75, 3.05) is 34.0 Å². The molecule has 2 aromatic rings. The van der Waals surface area contributed by atoms with Gasteiger partial charge in [-0.15, -0.1) is 24.0 Å². The molecule has 0 fully saturated rings. The van der Waals surface area contributed by atoms with Crippen molar-refractivity contribution in [1.29, 1.82) is 0 Å². The molecule has 178 valence electrons. The number of nitrogens with zero attached hydrogens (tertiary/aromatic N) is 1. The van der Waals surface area contributed by atoms with Crippen LogP contribution in [0.15, 0.2) is 41.4 Å². The largest absolute Gasteiger partial charge is 0.493 e. The maximum atomic E-state index is 5.75.